The van der Waals surface area contributed by atoms with Gasteiger partial charge in [-0.1, -0.05) is 47.1 Å². The van der Waals surface area contributed by atoms with Gasteiger partial charge in [0.15, 0.2) is 5.96 Å². The van der Waals surface area contributed by atoms with Crippen LogP contribution in [-0.2, 0) is 12.0 Å². The second kappa shape index (κ2) is 9.41. The highest BCUT2D eigenvalue weighted by Gasteiger charge is 2.21. The normalized spacial score (nSPS) is 11.8. The lowest BCUT2D eigenvalue weighted by molar-refractivity contribution is 0.388. The van der Waals surface area contributed by atoms with Gasteiger partial charge in [-0.15, -0.1) is 24.0 Å². The van der Waals surface area contributed by atoms with E-state index < -0.39 is 0 Å². The highest BCUT2D eigenvalue weighted by Crippen LogP contribution is 2.24. The first-order valence-corrected chi connectivity index (χ1v) is 8.29. The Morgan fingerprint density at radius 3 is 2.50 bits per heavy atom. The van der Waals surface area contributed by atoms with Gasteiger partial charge in [0.1, 0.15) is 12.0 Å². The zero-order chi connectivity index (χ0) is 16.9. The van der Waals surface area contributed by atoms with Crippen LogP contribution in [-0.4, -0.2) is 36.7 Å². The third-order valence-corrected chi connectivity index (χ3v) is 4.31. The van der Waals surface area contributed by atoms with E-state index in [1.807, 2.05) is 18.0 Å². The van der Waals surface area contributed by atoms with Crippen LogP contribution in [0.1, 0.15) is 25.1 Å². The summed E-state index contributed by atoms with van der Waals surface area (Å²) < 4.78 is 5.96. The van der Waals surface area contributed by atoms with E-state index in [0.29, 0.717) is 6.54 Å². The molecule has 7 heteroatoms. The summed E-state index contributed by atoms with van der Waals surface area (Å²) in [5.41, 5.74) is 2.15. The van der Waals surface area contributed by atoms with Crippen LogP contribution in [0.25, 0.3) is 0 Å². The molecule has 0 amide bonds. The molecule has 1 aromatic heterocycles. The van der Waals surface area contributed by atoms with Crippen molar-refractivity contribution in [2.24, 2.45) is 4.99 Å². The highest BCUT2D eigenvalue weighted by molar-refractivity contribution is 14.0. The first-order valence-electron chi connectivity index (χ1n) is 7.49. The fraction of sp³-hybridized carbons (Fsp3) is 0.412. The molecule has 5 nitrogen and oxygen atoms in total. The molecule has 2 aromatic rings. The maximum absolute atomic E-state index is 4.87. The Labute approximate surface area is 169 Å². The van der Waals surface area contributed by atoms with Crippen LogP contribution >= 0.6 is 39.9 Å². The molecule has 0 saturated carbocycles. The molecule has 0 aliphatic rings. The summed E-state index contributed by atoms with van der Waals surface area (Å²) in [6.45, 7) is 5.86. The van der Waals surface area contributed by atoms with Gasteiger partial charge in [0, 0.05) is 36.6 Å². The summed E-state index contributed by atoms with van der Waals surface area (Å²) in [7, 11) is 3.77. The molecule has 0 aliphatic heterocycles. The molecule has 132 valence electrons. The Kier molecular flexibility index (Phi) is 8.21. The summed E-state index contributed by atoms with van der Waals surface area (Å²) in [6, 6.07) is 10.3. The Morgan fingerprint density at radius 1 is 1.29 bits per heavy atom. The summed E-state index contributed by atoms with van der Waals surface area (Å²) >= 11 is 3.48. The number of halogens is 2. The van der Waals surface area contributed by atoms with Crippen molar-refractivity contribution in [3.8, 4) is 0 Å². The monoisotopic (exact) mass is 506 g/mol. The van der Waals surface area contributed by atoms with Crippen molar-refractivity contribution >= 4 is 45.9 Å². The number of nitrogens with one attached hydrogen (secondary N) is 1. The fourth-order valence-corrected chi connectivity index (χ4v) is 2.59. The van der Waals surface area contributed by atoms with E-state index in [1.165, 1.54) is 5.56 Å². The van der Waals surface area contributed by atoms with Gasteiger partial charge in [0.25, 0.3) is 0 Å². The number of benzene rings is 1. The predicted molar refractivity (Wildman–Crippen MR) is 112 cm³/mol. The Hall–Kier alpha value is -1.09. The van der Waals surface area contributed by atoms with Gasteiger partial charge < -0.3 is 14.7 Å². The molecule has 0 spiro atoms. The van der Waals surface area contributed by atoms with Crippen LogP contribution in [0.4, 0.5) is 0 Å². The number of hydrogen-bond acceptors (Lipinski definition) is 3. The number of aromatic nitrogens is 1. The van der Waals surface area contributed by atoms with E-state index in [0.717, 1.165) is 22.7 Å². The lowest BCUT2D eigenvalue weighted by Crippen LogP contribution is -2.44. The van der Waals surface area contributed by atoms with E-state index in [9.17, 15) is 0 Å². The van der Waals surface area contributed by atoms with Crippen molar-refractivity contribution in [2.75, 3.05) is 20.6 Å². The lowest BCUT2D eigenvalue weighted by Gasteiger charge is -2.29. The number of hydrogen-bond donors (Lipinski definition) is 1. The van der Waals surface area contributed by atoms with Gasteiger partial charge in [0.05, 0.1) is 6.54 Å². The molecule has 0 fully saturated rings. The van der Waals surface area contributed by atoms with Gasteiger partial charge in [-0.25, -0.2) is 0 Å². The van der Waals surface area contributed by atoms with Crippen LogP contribution in [0, 0.1) is 0 Å². The van der Waals surface area contributed by atoms with Gasteiger partial charge in [-0.05, 0) is 17.7 Å². The second-order valence-corrected chi connectivity index (χ2v) is 7.05. The molecule has 0 atom stereocenters. The minimum atomic E-state index is -0.00856. The number of guanidine groups is 1. The van der Waals surface area contributed by atoms with Crippen molar-refractivity contribution in [3.05, 3.63) is 52.3 Å². The quantitative estimate of drug-likeness (QED) is 0.378. The zero-order valence-corrected chi connectivity index (χ0v) is 18.3. The van der Waals surface area contributed by atoms with E-state index >= 15 is 0 Å². The molecular weight excluding hydrogens is 483 g/mol. The topological polar surface area (TPSA) is 53.7 Å². The number of aliphatic imine (C=N–C) groups is 1. The molecular formula is C17H24BrIN4O. The first kappa shape index (κ1) is 21.0. The van der Waals surface area contributed by atoms with Crippen molar-refractivity contribution in [2.45, 2.75) is 25.8 Å². The fourth-order valence-electron chi connectivity index (χ4n) is 2.32. The molecule has 24 heavy (non-hydrogen) atoms. The average Bonchev–Trinajstić information content (AvgIpc) is 3.01. The van der Waals surface area contributed by atoms with Crippen LogP contribution in [0.2, 0.25) is 0 Å². The van der Waals surface area contributed by atoms with Crippen LogP contribution < -0.4 is 5.32 Å². The third kappa shape index (κ3) is 5.77. The van der Waals surface area contributed by atoms with Crippen molar-refractivity contribution < 1.29 is 4.52 Å². The summed E-state index contributed by atoms with van der Waals surface area (Å²) in [5, 5.41) is 7.37. The first-order chi connectivity index (χ1) is 10.9. The smallest absolute Gasteiger partial charge is 0.193 e. The van der Waals surface area contributed by atoms with E-state index in [1.54, 1.807) is 13.3 Å². The predicted octanol–water partition coefficient (Wildman–Crippen LogP) is 4.04. The molecule has 0 unspecified atom stereocenters. The molecule has 0 saturated heterocycles. The van der Waals surface area contributed by atoms with Gasteiger partial charge in [0.2, 0.25) is 0 Å². The largest absolute Gasteiger partial charge is 0.364 e. The van der Waals surface area contributed by atoms with Crippen molar-refractivity contribution in [3.63, 3.8) is 0 Å². The highest BCUT2D eigenvalue weighted by atomic mass is 127. The molecule has 1 N–H and O–H groups in total. The third-order valence-electron chi connectivity index (χ3n) is 3.78. The molecule has 2 rings (SSSR count). The van der Waals surface area contributed by atoms with E-state index in [-0.39, 0.29) is 29.4 Å². The molecule has 1 heterocycles. The molecule has 0 radical (unpaired) electrons. The number of nitrogens with zero attached hydrogens (tertiary/aromatic N) is 3. The lowest BCUT2D eigenvalue weighted by atomic mass is 9.85. The van der Waals surface area contributed by atoms with Gasteiger partial charge in [-0.3, -0.25) is 4.99 Å². The van der Waals surface area contributed by atoms with Gasteiger partial charge >= 0.3 is 0 Å². The Balaban J connectivity index is 0.00000288. The van der Waals surface area contributed by atoms with E-state index in [2.05, 4.69) is 69.5 Å². The van der Waals surface area contributed by atoms with Gasteiger partial charge in [-0.2, -0.15) is 0 Å². The minimum absolute atomic E-state index is 0. The van der Waals surface area contributed by atoms with Crippen molar-refractivity contribution in [1.82, 2.24) is 15.4 Å². The minimum Gasteiger partial charge on any atom is -0.364 e. The Morgan fingerprint density at radius 2 is 1.96 bits per heavy atom. The SMILES string of the molecule is CN=C(NCC(C)(C)c1ccc(Br)cc1)N(C)Cc1ccon1.I. The summed E-state index contributed by atoms with van der Waals surface area (Å²) in [6.07, 6.45) is 1.58. The summed E-state index contributed by atoms with van der Waals surface area (Å²) in [5.74, 6) is 0.832. The van der Waals surface area contributed by atoms with Crippen molar-refractivity contribution in [1.29, 1.82) is 0 Å². The molecule has 0 bridgehead atoms. The average molecular weight is 507 g/mol. The maximum atomic E-state index is 4.87. The van der Waals surface area contributed by atoms with Crippen LogP contribution in [0.3, 0.4) is 0 Å². The maximum Gasteiger partial charge on any atom is 0.193 e. The van der Waals surface area contributed by atoms with Crippen LogP contribution in [0.5, 0.6) is 0 Å². The second-order valence-electron chi connectivity index (χ2n) is 6.14. The van der Waals surface area contributed by atoms with E-state index in [4.69, 9.17) is 4.52 Å². The zero-order valence-electron chi connectivity index (χ0n) is 14.4. The Bertz CT molecular complexity index is 641. The summed E-state index contributed by atoms with van der Waals surface area (Å²) in [4.78, 5) is 6.37. The number of rotatable bonds is 5. The standard InChI is InChI=1S/C17H23BrN4O.HI/c1-17(2,13-5-7-14(18)8-6-13)12-20-16(19-3)22(4)11-15-9-10-23-21-15;/h5-10H,11-12H2,1-4H3,(H,19,20);1H. The van der Waals surface area contributed by atoms with Crippen LogP contribution in [0.15, 0.2) is 50.6 Å². The molecule has 1 aromatic carbocycles. The molecule has 0 aliphatic carbocycles.